The molecule has 0 aromatic carbocycles. The van der Waals surface area contributed by atoms with E-state index in [2.05, 4.69) is 13.1 Å². The number of rotatable bonds is 3. The molecule has 0 aromatic rings. The molecule has 0 heterocycles. The van der Waals surface area contributed by atoms with E-state index in [1.165, 1.54) is 5.57 Å². The molecule has 0 amide bonds. The molecule has 0 bridgehead atoms. The van der Waals surface area contributed by atoms with Crippen LogP contribution in [0.3, 0.4) is 0 Å². The third kappa shape index (κ3) is 5.63. The topological polar surface area (TPSA) is 29.3 Å². The van der Waals surface area contributed by atoms with Crippen LogP contribution in [0.2, 0.25) is 0 Å². The first-order valence-electron chi connectivity index (χ1n) is 3.61. The zero-order valence-electron chi connectivity index (χ0n) is 7.39. The van der Waals surface area contributed by atoms with Gasteiger partial charge in [-0.05, 0) is 26.5 Å². The summed E-state index contributed by atoms with van der Waals surface area (Å²) in [4.78, 5) is 2.04. The molecule has 0 rings (SSSR count). The summed E-state index contributed by atoms with van der Waals surface area (Å²) in [6.07, 6.45) is 3.08. The molecular weight excluding hydrogens is 124 g/mol. The number of nitrogens with two attached hydrogens (primary N) is 1. The Hall–Kier alpha value is -0.500. The van der Waals surface area contributed by atoms with Crippen LogP contribution >= 0.6 is 0 Å². The summed E-state index contributed by atoms with van der Waals surface area (Å²) in [5.74, 6) is 0. The van der Waals surface area contributed by atoms with Crippen molar-refractivity contribution in [2.75, 3.05) is 14.1 Å². The lowest BCUT2D eigenvalue weighted by Crippen LogP contribution is -2.15. The van der Waals surface area contributed by atoms with Crippen LogP contribution in [0.5, 0.6) is 0 Å². The standard InChI is InChI=1S/C8H18N2/c1-7(5-8(2)9)6-10(3)4/h6,8H,5,9H2,1-4H3/b7-6+. The molecular formula is C8H18N2. The molecule has 2 nitrogen and oxygen atoms in total. The van der Waals surface area contributed by atoms with Crippen molar-refractivity contribution in [1.29, 1.82) is 0 Å². The van der Waals surface area contributed by atoms with E-state index in [1.807, 2.05) is 25.9 Å². The molecule has 0 saturated carbocycles. The minimum Gasteiger partial charge on any atom is -0.384 e. The monoisotopic (exact) mass is 142 g/mol. The Labute approximate surface area is 63.7 Å². The van der Waals surface area contributed by atoms with Gasteiger partial charge in [-0.2, -0.15) is 0 Å². The minimum absolute atomic E-state index is 0.274. The molecule has 1 atom stereocenters. The van der Waals surface area contributed by atoms with Crippen molar-refractivity contribution < 1.29 is 0 Å². The summed E-state index contributed by atoms with van der Waals surface area (Å²) in [6, 6.07) is 0.274. The first kappa shape index (κ1) is 9.50. The van der Waals surface area contributed by atoms with Crippen molar-refractivity contribution in [2.45, 2.75) is 26.3 Å². The van der Waals surface area contributed by atoms with E-state index in [9.17, 15) is 0 Å². The van der Waals surface area contributed by atoms with Gasteiger partial charge < -0.3 is 10.6 Å². The second-order valence-corrected chi connectivity index (χ2v) is 3.12. The minimum atomic E-state index is 0.274. The Morgan fingerprint density at radius 1 is 1.60 bits per heavy atom. The second-order valence-electron chi connectivity index (χ2n) is 3.12. The Morgan fingerprint density at radius 3 is 2.40 bits per heavy atom. The van der Waals surface area contributed by atoms with Crippen LogP contribution < -0.4 is 5.73 Å². The molecule has 0 spiro atoms. The highest BCUT2D eigenvalue weighted by atomic mass is 15.0. The lowest BCUT2D eigenvalue weighted by Gasteiger charge is -2.09. The molecule has 0 aliphatic heterocycles. The molecule has 0 fully saturated rings. The van der Waals surface area contributed by atoms with Gasteiger partial charge in [-0.3, -0.25) is 0 Å². The first-order valence-corrected chi connectivity index (χ1v) is 3.61. The zero-order chi connectivity index (χ0) is 8.15. The van der Waals surface area contributed by atoms with Gasteiger partial charge in [0.15, 0.2) is 0 Å². The van der Waals surface area contributed by atoms with E-state index >= 15 is 0 Å². The van der Waals surface area contributed by atoms with Gasteiger partial charge >= 0.3 is 0 Å². The van der Waals surface area contributed by atoms with Crippen molar-refractivity contribution in [3.05, 3.63) is 11.8 Å². The number of nitrogens with zero attached hydrogens (tertiary/aromatic N) is 1. The number of hydrogen-bond acceptors (Lipinski definition) is 2. The zero-order valence-corrected chi connectivity index (χ0v) is 7.39. The van der Waals surface area contributed by atoms with Gasteiger partial charge in [0.2, 0.25) is 0 Å². The Bertz CT molecular complexity index is 114. The molecule has 0 aliphatic carbocycles. The number of hydrogen-bond donors (Lipinski definition) is 1. The van der Waals surface area contributed by atoms with Gasteiger partial charge in [-0.1, -0.05) is 5.57 Å². The van der Waals surface area contributed by atoms with Crippen LogP contribution in [0.25, 0.3) is 0 Å². The summed E-state index contributed by atoms with van der Waals surface area (Å²) < 4.78 is 0. The van der Waals surface area contributed by atoms with Gasteiger partial charge in [-0.25, -0.2) is 0 Å². The van der Waals surface area contributed by atoms with Crippen LogP contribution in [0, 0.1) is 0 Å². The third-order valence-electron chi connectivity index (χ3n) is 1.12. The molecule has 2 heteroatoms. The second kappa shape index (κ2) is 4.34. The fourth-order valence-electron chi connectivity index (χ4n) is 1.00. The van der Waals surface area contributed by atoms with Crippen molar-refractivity contribution in [1.82, 2.24) is 4.90 Å². The fourth-order valence-corrected chi connectivity index (χ4v) is 1.00. The maximum Gasteiger partial charge on any atom is 0.00556 e. The van der Waals surface area contributed by atoms with Gasteiger partial charge in [0.25, 0.3) is 0 Å². The Morgan fingerprint density at radius 2 is 2.10 bits per heavy atom. The Balaban J connectivity index is 3.71. The quantitative estimate of drug-likeness (QED) is 0.641. The summed E-state index contributed by atoms with van der Waals surface area (Å²) in [6.45, 7) is 4.12. The molecule has 0 saturated heterocycles. The molecule has 60 valence electrons. The summed E-state index contributed by atoms with van der Waals surface area (Å²) >= 11 is 0. The molecule has 10 heavy (non-hydrogen) atoms. The van der Waals surface area contributed by atoms with E-state index in [0.29, 0.717) is 0 Å². The van der Waals surface area contributed by atoms with Gasteiger partial charge in [0.1, 0.15) is 0 Å². The average Bonchev–Trinajstić information content (AvgIpc) is 1.58. The SMILES string of the molecule is C/C(=C\N(C)C)CC(C)N. The van der Waals surface area contributed by atoms with Crippen molar-refractivity contribution in [3.63, 3.8) is 0 Å². The summed E-state index contributed by atoms with van der Waals surface area (Å²) in [7, 11) is 4.04. The van der Waals surface area contributed by atoms with Crippen LogP contribution in [0.4, 0.5) is 0 Å². The maximum absolute atomic E-state index is 5.61. The molecule has 1 unspecified atom stereocenters. The van der Waals surface area contributed by atoms with Crippen LogP contribution in [-0.2, 0) is 0 Å². The normalized spacial score (nSPS) is 15.1. The van der Waals surface area contributed by atoms with E-state index < -0.39 is 0 Å². The largest absolute Gasteiger partial charge is 0.384 e. The smallest absolute Gasteiger partial charge is 0.00556 e. The molecule has 0 radical (unpaired) electrons. The average molecular weight is 142 g/mol. The van der Waals surface area contributed by atoms with E-state index in [4.69, 9.17) is 5.73 Å². The highest BCUT2D eigenvalue weighted by Gasteiger charge is 1.94. The first-order chi connectivity index (χ1) is 4.52. The van der Waals surface area contributed by atoms with Crippen LogP contribution in [0.1, 0.15) is 20.3 Å². The summed E-state index contributed by atoms with van der Waals surface area (Å²) in [5.41, 5.74) is 6.94. The van der Waals surface area contributed by atoms with Crippen LogP contribution in [0.15, 0.2) is 11.8 Å². The lowest BCUT2D eigenvalue weighted by molar-refractivity contribution is 0.551. The Kier molecular flexibility index (Phi) is 4.12. The highest BCUT2D eigenvalue weighted by molar-refractivity contribution is 4.98. The molecule has 0 aliphatic rings. The highest BCUT2D eigenvalue weighted by Crippen LogP contribution is 2.02. The van der Waals surface area contributed by atoms with Gasteiger partial charge in [0.05, 0.1) is 0 Å². The van der Waals surface area contributed by atoms with Crippen molar-refractivity contribution >= 4 is 0 Å². The molecule has 0 aromatic heterocycles. The van der Waals surface area contributed by atoms with Crippen molar-refractivity contribution in [2.24, 2.45) is 5.73 Å². The van der Waals surface area contributed by atoms with E-state index in [-0.39, 0.29) is 6.04 Å². The van der Waals surface area contributed by atoms with Crippen molar-refractivity contribution in [3.8, 4) is 0 Å². The fraction of sp³-hybridized carbons (Fsp3) is 0.750. The third-order valence-corrected chi connectivity index (χ3v) is 1.12. The predicted octanol–water partition coefficient (Wildman–Crippen LogP) is 1.19. The predicted molar refractivity (Wildman–Crippen MR) is 45.7 cm³/mol. The van der Waals surface area contributed by atoms with Gasteiger partial charge in [-0.15, -0.1) is 0 Å². The summed E-state index contributed by atoms with van der Waals surface area (Å²) in [5, 5.41) is 0. The van der Waals surface area contributed by atoms with Gasteiger partial charge in [0, 0.05) is 20.1 Å². The van der Waals surface area contributed by atoms with E-state index in [0.717, 1.165) is 6.42 Å². The lowest BCUT2D eigenvalue weighted by atomic mass is 10.1. The van der Waals surface area contributed by atoms with E-state index in [1.54, 1.807) is 0 Å². The molecule has 2 N–H and O–H groups in total. The van der Waals surface area contributed by atoms with Crippen LogP contribution in [-0.4, -0.2) is 25.0 Å². The maximum atomic E-state index is 5.61.